The van der Waals surface area contributed by atoms with Gasteiger partial charge in [-0.3, -0.25) is 9.78 Å². The number of halogens is 2. The van der Waals surface area contributed by atoms with Crippen molar-refractivity contribution in [1.82, 2.24) is 15.2 Å². The van der Waals surface area contributed by atoms with Gasteiger partial charge in [-0.15, -0.1) is 0 Å². The van der Waals surface area contributed by atoms with Gasteiger partial charge in [-0.25, -0.2) is 0 Å². The van der Waals surface area contributed by atoms with Crippen LogP contribution in [0.1, 0.15) is 36.3 Å². The standard InChI is InChI=1S/C27H27Cl2N3O/c28-25-8-2-6-21(26(25)29)17-32(22-9-10-22)27(33)24-16-31-13-11-23(24)19-5-1-4-18(14-19)20-7-3-12-30-15-20/h1-8,12,14-15,22-24,31H,9-11,13,16-17H2/t23-,24+/m1/s1. The van der Waals surface area contributed by atoms with Gasteiger partial charge in [0.25, 0.3) is 0 Å². The summed E-state index contributed by atoms with van der Waals surface area (Å²) in [6.45, 7) is 2.10. The van der Waals surface area contributed by atoms with Gasteiger partial charge in [-0.05, 0) is 66.1 Å². The number of hydrogen-bond acceptors (Lipinski definition) is 3. The van der Waals surface area contributed by atoms with Crippen LogP contribution in [-0.2, 0) is 11.3 Å². The fraction of sp³-hybridized carbons (Fsp3) is 0.333. The molecule has 0 unspecified atom stereocenters. The van der Waals surface area contributed by atoms with E-state index in [4.69, 9.17) is 23.2 Å². The lowest BCUT2D eigenvalue weighted by Gasteiger charge is -2.36. The highest BCUT2D eigenvalue weighted by Crippen LogP contribution is 2.38. The van der Waals surface area contributed by atoms with E-state index < -0.39 is 0 Å². The second-order valence-electron chi connectivity index (χ2n) is 8.98. The molecule has 1 saturated carbocycles. The molecule has 3 aromatic rings. The number of pyridine rings is 1. The Labute approximate surface area is 204 Å². The highest BCUT2D eigenvalue weighted by Gasteiger charge is 2.40. The van der Waals surface area contributed by atoms with Crippen LogP contribution in [0, 0.1) is 5.92 Å². The molecule has 2 atom stereocenters. The summed E-state index contributed by atoms with van der Waals surface area (Å²) in [7, 11) is 0. The fourth-order valence-electron chi connectivity index (χ4n) is 4.84. The Morgan fingerprint density at radius 3 is 2.64 bits per heavy atom. The summed E-state index contributed by atoms with van der Waals surface area (Å²) in [5.74, 6) is 0.269. The van der Waals surface area contributed by atoms with Crippen molar-refractivity contribution in [2.24, 2.45) is 5.92 Å². The highest BCUT2D eigenvalue weighted by atomic mass is 35.5. The molecule has 2 aliphatic rings. The molecule has 5 rings (SSSR count). The zero-order chi connectivity index (χ0) is 22.8. The Hall–Kier alpha value is -2.40. The van der Waals surface area contributed by atoms with Crippen molar-refractivity contribution < 1.29 is 4.79 Å². The minimum atomic E-state index is -0.110. The van der Waals surface area contributed by atoms with E-state index in [1.54, 1.807) is 12.3 Å². The van der Waals surface area contributed by atoms with E-state index in [2.05, 4.69) is 40.6 Å². The minimum absolute atomic E-state index is 0.110. The van der Waals surface area contributed by atoms with Gasteiger partial charge in [0, 0.05) is 31.5 Å². The van der Waals surface area contributed by atoms with Crippen LogP contribution in [0.5, 0.6) is 0 Å². The van der Waals surface area contributed by atoms with Gasteiger partial charge < -0.3 is 10.2 Å². The van der Waals surface area contributed by atoms with Crippen molar-refractivity contribution in [2.45, 2.75) is 37.8 Å². The maximum Gasteiger partial charge on any atom is 0.228 e. The molecule has 1 aliphatic heterocycles. The molecule has 0 radical (unpaired) electrons. The maximum atomic E-state index is 13.9. The summed E-state index contributed by atoms with van der Waals surface area (Å²) in [4.78, 5) is 20.2. The van der Waals surface area contributed by atoms with Gasteiger partial charge in [-0.2, -0.15) is 0 Å². The lowest BCUT2D eigenvalue weighted by atomic mass is 9.79. The van der Waals surface area contributed by atoms with Crippen LogP contribution in [0.4, 0.5) is 0 Å². The molecule has 1 aromatic heterocycles. The Morgan fingerprint density at radius 1 is 1.03 bits per heavy atom. The summed E-state index contributed by atoms with van der Waals surface area (Å²) in [5.41, 5.74) is 4.34. The van der Waals surface area contributed by atoms with Crippen LogP contribution in [0.15, 0.2) is 67.0 Å². The van der Waals surface area contributed by atoms with Crippen molar-refractivity contribution in [3.63, 3.8) is 0 Å². The molecule has 1 amide bonds. The first-order valence-corrected chi connectivity index (χ1v) is 12.3. The number of benzene rings is 2. The van der Waals surface area contributed by atoms with Crippen molar-refractivity contribution in [3.05, 3.63) is 88.2 Å². The van der Waals surface area contributed by atoms with Crippen LogP contribution < -0.4 is 5.32 Å². The largest absolute Gasteiger partial charge is 0.335 e. The molecular weight excluding hydrogens is 453 g/mol. The van der Waals surface area contributed by atoms with Crippen molar-refractivity contribution >= 4 is 29.1 Å². The molecular formula is C27H27Cl2N3O. The fourth-order valence-corrected chi connectivity index (χ4v) is 5.22. The second-order valence-corrected chi connectivity index (χ2v) is 9.77. The van der Waals surface area contributed by atoms with Crippen LogP contribution in [0.2, 0.25) is 10.0 Å². The first-order chi connectivity index (χ1) is 16.1. The molecule has 2 aromatic carbocycles. The first-order valence-electron chi connectivity index (χ1n) is 11.6. The van der Waals surface area contributed by atoms with Gasteiger partial charge in [0.1, 0.15) is 0 Å². The van der Waals surface area contributed by atoms with Crippen molar-refractivity contribution in [1.29, 1.82) is 0 Å². The average molecular weight is 480 g/mol. The molecule has 1 N–H and O–H groups in total. The zero-order valence-corrected chi connectivity index (χ0v) is 19.9. The number of amides is 1. The molecule has 2 heterocycles. The van der Waals surface area contributed by atoms with E-state index in [1.165, 1.54) is 5.56 Å². The molecule has 4 nitrogen and oxygen atoms in total. The van der Waals surface area contributed by atoms with E-state index in [0.717, 1.165) is 42.5 Å². The number of carbonyl (C=O) groups is 1. The number of nitrogens with zero attached hydrogens (tertiary/aromatic N) is 2. The zero-order valence-electron chi connectivity index (χ0n) is 18.4. The number of hydrogen-bond donors (Lipinski definition) is 1. The molecule has 1 saturated heterocycles. The second kappa shape index (κ2) is 9.84. The van der Waals surface area contributed by atoms with Gasteiger partial charge >= 0.3 is 0 Å². The summed E-state index contributed by atoms with van der Waals surface area (Å²) in [5, 5.41) is 4.53. The lowest BCUT2D eigenvalue weighted by molar-refractivity contribution is -0.138. The minimum Gasteiger partial charge on any atom is -0.335 e. The summed E-state index contributed by atoms with van der Waals surface area (Å²) >= 11 is 12.7. The van der Waals surface area contributed by atoms with Crippen LogP contribution in [-0.4, -0.2) is 34.9 Å². The van der Waals surface area contributed by atoms with Crippen LogP contribution in [0.3, 0.4) is 0 Å². The Kier molecular flexibility index (Phi) is 6.68. The highest BCUT2D eigenvalue weighted by molar-refractivity contribution is 6.42. The van der Waals surface area contributed by atoms with E-state index in [0.29, 0.717) is 23.1 Å². The summed E-state index contributed by atoms with van der Waals surface area (Å²) < 4.78 is 0. The summed E-state index contributed by atoms with van der Waals surface area (Å²) in [6, 6.07) is 18.5. The molecule has 170 valence electrons. The molecule has 0 bridgehead atoms. The molecule has 33 heavy (non-hydrogen) atoms. The third kappa shape index (κ3) is 4.93. The summed E-state index contributed by atoms with van der Waals surface area (Å²) in [6.07, 6.45) is 6.70. The van der Waals surface area contributed by atoms with Crippen LogP contribution >= 0.6 is 23.2 Å². The third-order valence-electron chi connectivity index (χ3n) is 6.75. The van der Waals surface area contributed by atoms with Crippen LogP contribution in [0.25, 0.3) is 11.1 Å². The number of piperidine rings is 1. The Morgan fingerprint density at radius 2 is 1.85 bits per heavy atom. The number of rotatable bonds is 6. The molecule has 2 fully saturated rings. The normalized spacial score (nSPS) is 20.4. The topological polar surface area (TPSA) is 45.2 Å². The molecule has 1 aliphatic carbocycles. The smallest absolute Gasteiger partial charge is 0.228 e. The molecule has 6 heteroatoms. The first kappa shape index (κ1) is 22.4. The molecule has 0 spiro atoms. The predicted molar refractivity (Wildman–Crippen MR) is 133 cm³/mol. The lowest BCUT2D eigenvalue weighted by Crippen LogP contribution is -2.47. The van der Waals surface area contributed by atoms with E-state index >= 15 is 0 Å². The number of aromatic nitrogens is 1. The number of nitrogens with one attached hydrogen (secondary N) is 1. The Bertz CT molecular complexity index is 1130. The average Bonchev–Trinajstić information content (AvgIpc) is 3.70. The predicted octanol–water partition coefficient (Wildman–Crippen LogP) is 5.94. The Balaban J connectivity index is 1.42. The van der Waals surface area contributed by atoms with E-state index in [1.807, 2.05) is 29.3 Å². The van der Waals surface area contributed by atoms with Gasteiger partial charge in [-0.1, -0.05) is 65.7 Å². The maximum absolute atomic E-state index is 13.9. The monoisotopic (exact) mass is 479 g/mol. The van der Waals surface area contributed by atoms with Crippen molar-refractivity contribution in [2.75, 3.05) is 13.1 Å². The van der Waals surface area contributed by atoms with E-state index in [9.17, 15) is 4.79 Å². The van der Waals surface area contributed by atoms with Gasteiger partial charge in [0.15, 0.2) is 0 Å². The van der Waals surface area contributed by atoms with E-state index in [-0.39, 0.29) is 23.8 Å². The quantitative estimate of drug-likeness (QED) is 0.475. The third-order valence-corrected chi connectivity index (χ3v) is 7.61. The number of carbonyl (C=O) groups excluding carboxylic acids is 1. The van der Waals surface area contributed by atoms with Crippen molar-refractivity contribution in [3.8, 4) is 11.1 Å². The van der Waals surface area contributed by atoms with Gasteiger partial charge in [0.2, 0.25) is 5.91 Å². The SMILES string of the molecule is O=C([C@H]1CNCC[C@@H]1c1cccc(-c2cccnc2)c1)N(Cc1cccc(Cl)c1Cl)C1CC1. The van der Waals surface area contributed by atoms with Gasteiger partial charge in [0.05, 0.1) is 16.0 Å².